The monoisotopic (exact) mass is 230 g/mol. The second-order valence-corrected chi connectivity index (χ2v) is 5.11. The number of likely N-dealkylation sites (tertiary alicyclic amines) is 1. The van der Waals surface area contributed by atoms with Crippen molar-refractivity contribution in [3.05, 3.63) is 0 Å². The average Bonchev–Trinajstić information content (AvgIpc) is 2.30. The molecule has 0 aromatic carbocycles. The zero-order valence-electron chi connectivity index (χ0n) is 10.3. The van der Waals surface area contributed by atoms with Crippen molar-refractivity contribution in [2.24, 2.45) is 5.92 Å². The Morgan fingerprint density at radius 3 is 2.50 bits per heavy atom. The Bertz CT molecular complexity index is 209. The topological polar surface area (TPSA) is 24.5 Å². The molecule has 0 aromatic rings. The van der Waals surface area contributed by atoms with E-state index in [0.717, 1.165) is 32.6 Å². The third-order valence-corrected chi connectivity index (χ3v) is 3.97. The summed E-state index contributed by atoms with van der Waals surface area (Å²) in [6.07, 6.45) is 1.38. The van der Waals surface area contributed by atoms with E-state index >= 15 is 0 Å². The van der Waals surface area contributed by atoms with Gasteiger partial charge in [0.25, 0.3) is 0 Å². The van der Waals surface area contributed by atoms with Crippen molar-refractivity contribution in [1.29, 1.82) is 0 Å². The van der Waals surface area contributed by atoms with Gasteiger partial charge < -0.3 is 10.1 Å². The smallest absolute Gasteiger partial charge is 0.128 e. The number of nitrogens with zero attached hydrogens (tertiary/aromatic N) is 1. The van der Waals surface area contributed by atoms with Crippen molar-refractivity contribution in [2.75, 3.05) is 33.4 Å². The van der Waals surface area contributed by atoms with Crippen molar-refractivity contribution in [3.8, 4) is 0 Å². The fourth-order valence-electron chi connectivity index (χ4n) is 3.07. The maximum absolute atomic E-state index is 14.0. The van der Waals surface area contributed by atoms with Gasteiger partial charge in [0.2, 0.25) is 0 Å². The van der Waals surface area contributed by atoms with Crippen molar-refractivity contribution in [2.45, 2.75) is 38.0 Å². The molecule has 2 aliphatic heterocycles. The number of hydrogen-bond donors (Lipinski definition) is 1. The van der Waals surface area contributed by atoms with Crippen molar-refractivity contribution < 1.29 is 9.13 Å². The van der Waals surface area contributed by atoms with Gasteiger partial charge in [-0.25, -0.2) is 4.39 Å². The SMILES string of the molecule is CN[C@H]1[C@H](C)CN(C2CCOCC2)C[C@@H]1F. The molecular formula is C12H23FN2O. The van der Waals surface area contributed by atoms with E-state index in [9.17, 15) is 4.39 Å². The molecule has 0 amide bonds. The highest BCUT2D eigenvalue weighted by Gasteiger charge is 2.36. The summed E-state index contributed by atoms with van der Waals surface area (Å²) >= 11 is 0. The van der Waals surface area contributed by atoms with Crippen LogP contribution in [0.5, 0.6) is 0 Å². The number of piperidine rings is 1. The predicted molar refractivity (Wildman–Crippen MR) is 62.3 cm³/mol. The first-order valence-electron chi connectivity index (χ1n) is 6.35. The molecule has 0 spiro atoms. The maximum Gasteiger partial charge on any atom is 0.128 e. The van der Waals surface area contributed by atoms with E-state index in [1.165, 1.54) is 0 Å². The molecule has 94 valence electrons. The maximum atomic E-state index is 14.0. The van der Waals surface area contributed by atoms with Gasteiger partial charge in [-0.2, -0.15) is 0 Å². The van der Waals surface area contributed by atoms with Crippen LogP contribution in [0.1, 0.15) is 19.8 Å². The molecule has 3 nitrogen and oxygen atoms in total. The Morgan fingerprint density at radius 1 is 1.25 bits per heavy atom. The van der Waals surface area contributed by atoms with E-state index in [0.29, 0.717) is 18.5 Å². The van der Waals surface area contributed by atoms with Gasteiger partial charge >= 0.3 is 0 Å². The zero-order valence-corrected chi connectivity index (χ0v) is 10.3. The predicted octanol–water partition coefficient (Wildman–Crippen LogP) is 1.04. The van der Waals surface area contributed by atoms with Gasteiger partial charge in [0.1, 0.15) is 6.17 Å². The highest BCUT2D eigenvalue weighted by molar-refractivity contribution is 4.91. The molecule has 0 radical (unpaired) electrons. The van der Waals surface area contributed by atoms with Crippen LogP contribution in [0.4, 0.5) is 4.39 Å². The van der Waals surface area contributed by atoms with E-state index in [1.54, 1.807) is 0 Å². The quantitative estimate of drug-likeness (QED) is 0.767. The van der Waals surface area contributed by atoms with E-state index in [4.69, 9.17) is 4.74 Å². The Labute approximate surface area is 97.3 Å². The molecular weight excluding hydrogens is 207 g/mol. The fraction of sp³-hybridized carbons (Fsp3) is 1.00. The third kappa shape index (κ3) is 2.55. The van der Waals surface area contributed by atoms with Gasteiger partial charge in [0.05, 0.1) is 0 Å². The third-order valence-electron chi connectivity index (χ3n) is 3.97. The molecule has 4 heteroatoms. The van der Waals surface area contributed by atoms with E-state index < -0.39 is 6.17 Å². The van der Waals surface area contributed by atoms with Gasteiger partial charge in [-0.15, -0.1) is 0 Å². The first-order chi connectivity index (χ1) is 7.72. The summed E-state index contributed by atoms with van der Waals surface area (Å²) in [5.74, 6) is 0.386. The molecule has 1 N–H and O–H groups in total. The number of ether oxygens (including phenoxy) is 1. The van der Waals surface area contributed by atoms with Gasteiger partial charge in [-0.3, -0.25) is 4.90 Å². The lowest BCUT2D eigenvalue weighted by molar-refractivity contribution is -0.00984. The molecule has 2 heterocycles. The van der Waals surface area contributed by atoms with Crippen molar-refractivity contribution in [3.63, 3.8) is 0 Å². The van der Waals surface area contributed by atoms with Crippen LogP contribution in [-0.4, -0.2) is 56.5 Å². The van der Waals surface area contributed by atoms with Crippen LogP contribution in [0.3, 0.4) is 0 Å². The highest BCUT2D eigenvalue weighted by Crippen LogP contribution is 2.24. The van der Waals surface area contributed by atoms with Crippen LogP contribution in [0.2, 0.25) is 0 Å². The molecule has 0 saturated carbocycles. The molecule has 2 aliphatic rings. The minimum Gasteiger partial charge on any atom is -0.381 e. The zero-order chi connectivity index (χ0) is 11.5. The average molecular weight is 230 g/mol. The second kappa shape index (κ2) is 5.43. The number of alkyl halides is 1. The Hall–Kier alpha value is -0.190. The molecule has 3 atom stereocenters. The first-order valence-corrected chi connectivity index (χ1v) is 6.35. The molecule has 0 unspecified atom stereocenters. The normalized spacial score (nSPS) is 38.8. The molecule has 16 heavy (non-hydrogen) atoms. The lowest BCUT2D eigenvalue weighted by atomic mass is 9.90. The minimum absolute atomic E-state index is 0.0242. The lowest BCUT2D eigenvalue weighted by Crippen LogP contribution is -2.57. The van der Waals surface area contributed by atoms with Crippen LogP contribution >= 0.6 is 0 Å². The summed E-state index contributed by atoms with van der Waals surface area (Å²) in [7, 11) is 1.86. The van der Waals surface area contributed by atoms with Gasteiger partial charge in [0.15, 0.2) is 0 Å². The van der Waals surface area contributed by atoms with Crippen LogP contribution < -0.4 is 5.32 Å². The Kier molecular flexibility index (Phi) is 4.16. The Balaban J connectivity index is 1.92. The summed E-state index contributed by atoms with van der Waals surface area (Å²) < 4.78 is 19.3. The molecule has 2 fully saturated rings. The van der Waals surface area contributed by atoms with E-state index in [2.05, 4.69) is 17.1 Å². The molecule has 2 saturated heterocycles. The van der Waals surface area contributed by atoms with E-state index in [1.807, 2.05) is 7.05 Å². The van der Waals surface area contributed by atoms with Crippen molar-refractivity contribution in [1.82, 2.24) is 10.2 Å². The highest BCUT2D eigenvalue weighted by atomic mass is 19.1. The van der Waals surface area contributed by atoms with Gasteiger partial charge in [0, 0.05) is 38.4 Å². The second-order valence-electron chi connectivity index (χ2n) is 5.11. The van der Waals surface area contributed by atoms with E-state index in [-0.39, 0.29) is 6.04 Å². The summed E-state index contributed by atoms with van der Waals surface area (Å²) in [6.45, 7) is 5.40. The summed E-state index contributed by atoms with van der Waals surface area (Å²) in [4.78, 5) is 2.33. The largest absolute Gasteiger partial charge is 0.381 e. The van der Waals surface area contributed by atoms with Gasteiger partial charge in [-0.1, -0.05) is 6.92 Å². The van der Waals surface area contributed by atoms with Crippen LogP contribution in [0, 0.1) is 5.92 Å². The van der Waals surface area contributed by atoms with Crippen LogP contribution in [-0.2, 0) is 4.74 Å². The summed E-state index contributed by atoms with van der Waals surface area (Å²) in [5.41, 5.74) is 0. The molecule has 0 bridgehead atoms. The molecule has 0 aromatic heterocycles. The standard InChI is InChI=1S/C12H23FN2O/c1-9-7-15(8-11(13)12(9)14-2)10-3-5-16-6-4-10/h9-12,14H,3-8H2,1-2H3/t9-,11+,12+/m1/s1. The minimum atomic E-state index is -0.739. The summed E-state index contributed by atoms with van der Waals surface area (Å²) in [6, 6.07) is 0.559. The molecule has 2 rings (SSSR count). The fourth-order valence-corrected chi connectivity index (χ4v) is 3.07. The lowest BCUT2D eigenvalue weighted by Gasteiger charge is -2.43. The first kappa shape index (κ1) is 12.3. The Morgan fingerprint density at radius 2 is 1.94 bits per heavy atom. The van der Waals surface area contributed by atoms with Crippen LogP contribution in [0.25, 0.3) is 0 Å². The summed E-state index contributed by atoms with van der Waals surface area (Å²) in [5, 5.41) is 3.10. The number of rotatable bonds is 2. The number of nitrogens with one attached hydrogen (secondary N) is 1. The van der Waals surface area contributed by atoms with Crippen molar-refractivity contribution >= 4 is 0 Å². The van der Waals surface area contributed by atoms with Crippen LogP contribution in [0.15, 0.2) is 0 Å². The number of hydrogen-bond acceptors (Lipinski definition) is 3. The number of halogens is 1. The molecule has 0 aliphatic carbocycles. The van der Waals surface area contributed by atoms with Gasteiger partial charge in [-0.05, 0) is 25.8 Å².